The second-order valence-corrected chi connectivity index (χ2v) is 10.3. The molecule has 3 atom stereocenters. The first-order valence-corrected chi connectivity index (χ1v) is 13.8. The predicted molar refractivity (Wildman–Crippen MR) is 146 cm³/mol. The van der Waals surface area contributed by atoms with Crippen molar-refractivity contribution >= 4 is 11.8 Å². The van der Waals surface area contributed by atoms with Crippen molar-refractivity contribution in [2.75, 3.05) is 19.8 Å². The largest absolute Gasteiger partial charge is 0.490 e. The van der Waals surface area contributed by atoms with Crippen LogP contribution in [0.5, 0.6) is 11.5 Å². The fourth-order valence-electron chi connectivity index (χ4n) is 6.52. The molecular weight excluding hydrogens is 476 g/mol. The highest BCUT2D eigenvalue weighted by Gasteiger charge is 2.47. The maximum atomic E-state index is 14.3. The zero-order chi connectivity index (χ0) is 26.2. The van der Waals surface area contributed by atoms with Crippen LogP contribution in [0, 0.1) is 0 Å². The summed E-state index contributed by atoms with van der Waals surface area (Å²) in [4.78, 5) is 29.9. The Labute approximate surface area is 223 Å². The lowest BCUT2D eigenvalue weighted by atomic mass is 9.75. The van der Waals surface area contributed by atoms with Crippen LogP contribution in [0.25, 0.3) is 0 Å². The van der Waals surface area contributed by atoms with Gasteiger partial charge in [-0.05, 0) is 85.5 Å². The summed E-state index contributed by atoms with van der Waals surface area (Å²) in [6, 6.07) is 19.6. The predicted octanol–water partition coefficient (Wildman–Crippen LogP) is 5.51. The van der Waals surface area contributed by atoms with Crippen LogP contribution in [0.15, 0.2) is 60.7 Å². The Morgan fingerprint density at radius 2 is 1.61 bits per heavy atom. The van der Waals surface area contributed by atoms with Crippen molar-refractivity contribution in [3.8, 4) is 11.5 Å². The second kappa shape index (κ2) is 10.2. The van der Waals surface area contributed by atoms with E-state index >= 15 is 0 Å². The van der Waals surface area contributed by atoms with E-state index in [4.69, 9.17) is 9.47 Å². The summed E-state index contributed by atoms with van der Waals surface area (Å²) in [6.07, 6.45) is 3.69. The van der Waals surface area contributed by atoms with Gasteiger partial charge in [0.2, 0.25) is 5.91 Å². The molecule has 0 aromatic heterocycles. The average molecular weight is 511 g/mol. The van der Waals surface area contributed by atoms with E-state index in [1.807, 2.05) is 61.2 Å². The van der Waals surface area contributed by atoms with Gasteiger partial charge in [-0.15, -0.1) is 0 Å². The fourth-order valence-corrected chi connectivity index (χ4v) is 6.52. The minimum atomic E-state index is -0.524. The van der Waals surface area contributed by atoms with Crippen molar-refractivity contribution in [3.05, 3.63) is 94.0 Å². The number of benzene rings is 3. The third-order valence-corrected chi connectivity index (χ3v) is 8.15. The molecule has 2 heterocycles. The highest BCUT2D eigenvalue weighted by atomic mass is 16.5. The van der Waals surface area contributed by atoms with Crippen molar-refractivity contribution in [3.63, 3.8) is 0 Å². The Bertz CT molecular complexity index is 1380. The van der Waals surface area contributed by atoms with Gasteiger partial charge in [-0.2, -0.15) is 0 Å². The summed E-state index contributed by atoms with van der Waals surface area (Å²) >= 11 is 0. The number of carbonyl (C=O) groups is 2. The molecule has 6 heteroatoms. The van der Waals surface area contributed by atoms with E-state index in [1.165, 1.54) is 11.1 Å². The van der Waals surface area contributed by atoms with Gasteiger partial charge < -0.3 is 19.7 Å². The summed E-state index contributed by atoms with van der Waals surface area (Å²) in [5.41, 5.74) is 5.99. The third kappa shape index (κ3) is 4.12. The number of carbonyl (C=O) groups excluding carboxylic acids is 2. The third-order valence-electron chi connectivity index (χ3n) is 8.15. The molecule has 6 rings (SSSR count). The summed E-state index contributed by atoms with van der Waals surface area (Å²) in [5, 5.41) is 3.40. The molecule has 0 radical (unpaired) electrons. The number of hydrogen-bond donors (Lipinski definition) is 1. The molecule has 1 aliphatic carbocycles. The molecule has 38 heavy (non-hydrogen) atoms. The minimum absolute atomic E-state index is 0.0184. The van der Waals surface area contributed by atoms with Gasteiger partial charge in [0, 0.05) is 12.1 Å². The minimum Gasteiger partial charge on any atom is -0.490 e. The van der Waals surface area contributed by atoms with Gasteiger partial charge in [0.25, 0.3) is 5.91 Å². The maximum absolute atomic E-state index is 14.3. The summed E-state index contributed by atoms with van der Waals surface area (Å²) in [7, 11) is 0. The first-order valence-electron chi connectivity index (χ1n) is 13.8. The number of hydrogen-bond acceptors (Lipinski definition) is 4. The number of amides is 2. The lowest BCUT2D eigenvalue weighted by Crippen LogP contribution is -2.50. The van der Waals surface area contributed by atoms with E-state index < -0.39 is 12.0 Å². The number of rotatable bonds is 6. The Balaban J connectivity index is 1.44. The van der Waals surface area contributed by atoms with E-state index in [1.54, 1.807) is 0 Å². The normalized spacial score (nSPS) is 21.5. The molecule has 2 aliphatic heterocycles. The SMILES string of the molecule is CCOc1cc2c(cc1OCC)[C@@H]1[C@@H](C(=O)N[C@@H]3CCCc4ccccc43)c3ccccc3C(=O)N1CC2. The Kier molecular flexibility index (Phi) is 6.56. The Hall–Kier alpha value is -3.80. The number of aryl methyl sites for hydroxylation is 1. The van der Waals surface area contributed by atoms with Crippen LogP contribution in [0.1, 0.15) is 82.9 Å². The first kappa shape index (κ1) is 24.5. The van der Waals surface area contributed by atoms with Crippen LogP contribution >= 0.6 is 0 Å². The number of nitrogens with zero attached hydrogens (tertiary/aromatic N) is 1. The van der Waals surface area contributed by atoms with Gasteiger partial charge >= 0.3 is 0 Å². The maximum Gasteiger partial charge on any atom is 0.254 e. The molecule has 0 fully saturated rings. The van der Waals surface area contributed by atoms with Gasteiger partial charge in [-0.25, -0.2) is 0 Å². The smallest absolute Gasteiger partial charge is 0.254 e. The van der Waals surface area contributed by atoms with Crippen LogP contribution in [0.2, 0.25) is 0 Å². The molecular formula is C32H34N2O4. The van der Waals surface area contributed by atoms with Crippen molar-refractivity contribution in [1.82, 2.24) is 10.2 Å². The number of nitrogens with one attached hydrogen (secondary N) is 1. The second-order valence-electron chi connectivity index (χ2n) is 10.3. The van der Waals surface area contributed by atoms with Crippen LogP contribution < -0.4 is 14.8 Å². The molecule has 0 unspecified atom stereocenters. The van der Waals surface area contributed by atoms with Crippen molar-refractivity contribution in [2.24, 2.45) is 0 Å². The van der Waals surface area contributed by atoms with Crippen LogP contribution in [-0.4, -0.2) is 36.5 Å². The van der Waals surface area contributed by atoms with Gasteiger partial charge in [0.15, 0.2) is 11.5 Å². The zero-order valence-electron chi connectivity index (χ0n) is 22.0. The summed E-state index contributed by atoms with van der Waals surface area (Å²) < 4.78 is 11.9. The standard InChI is InChI=1S/C32H34N2O4/c1-3-37-27-18-21-16-17-34-30(25(21)19-28(27)38-4-2)29(23-13-7-8-14-24(23)32(34)36)31(35)33-26-15-9-11-20-10-5-6-12-22(20)26/h5-8,10,12-14,18-19,26,29-30H,3-4,9,11,15-17H2,1-2H3,(H,33,35)/t26-,29+,30-/m1/s1. The molecule has 6 nitrogen and oxygen atoms in total. The highest BCUT2D eigenvalue weighted by molar-refractivity contribution is 6.01. The van der Waals surface area contributed by atoms with E-state index in [2.05, 4.69) is 23.5 Å². The molecule has 2 amide bonds. The van der Waals surface area contributed by atoms with E-state index in [-0.39, 0.29) is 17.9 Å². The first-order chi connectivity index (χ1) is 18.6. The summed E-state index contributed by atoms with van der Waals surface area (Å²) in [6.45, 7) is 5.49. The van der Waals surface area contributed by atoms with Gasteiger partial charge in [0.05, 0.1) is 31.2 Å². The quantitative estimate of drug-likeness (QED) is 0.475. The molecule has 196 valence electrons. The van der Waals surface area contributed by atoms with Crippen LogP contribution in [-0.2, 0) is 17.6 Å². The molecule has 1 N–H and O–H groups in total. The lowest BCUT2D eigenvalue weighted by molar-refractivity contribution is -0.125. The Morgan fingerprint density at radius 1 is 0.895 bits per heavy atom. The summed E-state index contributed by atoms with van der Waals surface area (Å²) in [5.74, 6) is 0.784. The molecule has 0 saturated carbocycles. The van der Waals surface area contributed by atoms with E-state index in [0.29, 0.717) is 43.2 Å². The molecule has 3 aliphatic rings. The van der Waals surface area contributed by atoms with Crippen molar-refractivity contribution in [1.29, 1.82) is 0 Å². The van der Waals surface area contributed by atoms with Crippen molar-refractivity contribution < 1.29 is 19.1 Å². The fraction of sp³-hybridized carbons (Fsp3) is 0.375. The Morgan fingerprint density at radius 3 is 2.39 bits per heavy atom. The monoisotopic (exact) mass is 510 g/mol. The van der Waals surface area contributed by atoms with E-state index in [0.717, 1.165) is 36.0 Å². The molecule has 0 saturated heterocycles. The average Bonchev–Trinajstić information content (AvgIpc) is 2.94. The van der Waals surface area contributed by atoms with E-state index in [9.17, 15) is 9.59 Å². The van der Waals surface area contributed by atoms with Crippen molar-refractivity contribution in [2.45, 2.75) is 57.5 Å². The molecule has 0 bridgehead atoms. The molecule has 3 aromatic carbocycles. The zero-order valence-corrected chi connectivity index (χ0v) is 22.0. The molecule has 0 spiro atoms. The van der Waals surface area contributed by atoms with Crippen LogP contribution in [0.4, 0.5) is 0 Å². The highest BCUT2D eigenvalue weighted by Crippen LogP contribution is 2.48. The van der Waals surface area contributed by atoms with Crippen LogP contribution in [0.3, 0.4) is 0 Å². The van der Waals surface area contributed by atoms with Gasteiger partial charge in [0.1, 0.15) is 0 Å². The number of fused-ring (bicyclic) bond motifs is 5. The molecule has 3 aromatic rings. The topological polar surface area (TPSA) is 67.9 Å². The van der Waals surface area contributed by atoms with Gasteiger partial charge in [-0.3, -0.25) is 9.59 Å². The number of ether oxygens (including phenoxy) is 2. The lowest BCUT2D eigenvalue weighted by Gasteiger charge is -2.45. The van der Waals surface area contributed by atoms with Gasteiger partial charge in [-0.1, -0.05) is 42.5 Å².